The van der Waals surface area contributed by atoms with Crippen molar-refractivity contribution in [1.82, 2.24) is 19.7 Å². The highest BCUT2D eigenvalue weighted by Gasteiger charge is 2.44. The van der Waals surface area contributed by atoms with Crippen LogP contribution < -0.4 is 10.6 Å². The van der Waals surface area contributed by atoms with E-state index in [1.54, 1.807) is 0 Å². The van der Waals surface area contributed by atoms with E-state index in [0.717, 1.165) is 0 Å². The number of fused-ring (bicyclic) bond motifs is 1. The summed E-state index contributed by atoms with van der Waals surface area (Å²) < 4.78 is 6.40. The van der Waals surface area contributed by atoms with Gasteiger partial charge in [0.15, 0.2) is 0 Å². The minimum absolute atomic E-state index is 0.0306. The molecule has 22 heavy (non-hydrogen) atoms. The third-order valence-electron chi connectivity index (χ3n) is 3.32. The summed E-state index contributed by atoms with van der Waals surface area (Å²) in [5.41, 5.74) is 6.90. The number of nitrogens with zero attached hydrogens (tertiary/aromatic N) is 4. The van der Waals surface area contributed by atoms with E-state index in [1.807, 2.05) is 0 Å². The molecular weight excluding hydrogens is 314 g/mol. The SMILES string of the molecule is Nc1nc(CS)c2ncn(O[C@H]3O[C@H](CO)[C@@H](O)[C@H]3O)c2n1. The molecule has 0 aliphatic carbocycles. The van der Waals surface area contributed by atoms with E-state index >= 15 is 0 Å². The number of rotatable bonds is 4. The van der Waals surface area contributed by atoms with Crippen LogP contribution in [-0.2, 0) is 10.5 Å². The van der Waals surface area contributed by atoms with Crippen molar-refractivity contribution in [3.8, 4) is 0 Å². The number of ether oxygens (including phenoxy) is 1. The Bertz CT molecular complexity index is 682. The Hall–Kier alpha value is -1.66. The van der Waals surface area contributed by atoms with Gasteiger partial charge in [0.25, 0.3) is 6.29 Å². The Morgan fingerprint density at radius 2 is 2.14 bits per heavy atom. The Morgan fingerprint density at radius 1 is 1.36 bits per heavy atom. The zero-order valence-corrected chi connectivity index (χ0v) is 12.2. The third-order valence-corrected chi connectivity index (χ3v) is 3.62. The highest BCUT2D eigenvalue weighted by atomic mass is 32.1. The minimum atomic E-state index is -1.32. The normalized spacial score (nSPS) is 28.4. The van der Waals surface area contributed by atoms with Crippen LogP contribution in [0.5, 0.6) is 0 Å². The summed E-state index contributed by atoms with van der Waals surface area (Å²) in [6, 6.07) is 0. The van der Waals surface area contributed by atoms with Gasteiger partial charge in [-0.15, -0.1) is 4.73 Å². The molecule has 3 rings (SSSR count). The lowest BCUT2D eigenvalue weighted by Gasteiger charge is -2.16. The molecular formula is C11H15N5O5S. The number of nitrogen functional groups attached to an aromatic ring is 1. The van der Waals surface area contributed by atoms with Gasteiger partial charge in [0.2, 0.25) is 11.6 Å². The van der Waals surface area contributed by atoms with Crippen molar-refractivity contribution in [1.29, 1.82) is 0 Å². The van der Waals surface area contributed by atoms with Crippen molar-refractivity contribution in [3.63, 3.8) is 0 Å². The Morgan fingerprint density at radius 3 is 2.77 bits per heavy atom. The van der Waals surface area contributed by atoms with Crippen molar-refractivity contribution in [2.75, 3.05) is 12.3 Å². The molecule has 0 radical (unpaired) electrons. The van der Waals surface area contributed by atoms with Crippen molar-refractivity contribution < 1.29 is 24.9 Å². The zero-order valence-electron chi connectivity index (χ0n) is 11.3. The maximum absolute atomic E-state index is 9.87. The van der Waals surface area contributed by atoms with E-state index in [-0.39, 0.29) is 11.6 Å². The molecule has 0 unspecified atom stereocenters. The number of hydrogen-bond acceptors (Lipinski definition) is 10. The maximum Gasteiger partial charge on any atom is 0.254 e. The Labute approximate surface area is 129 Å². The summed E-state index contributed by atoms with van der Waals surface area (Å²) in [7, 11) is 0. The number of imidazole rings is 1. The number of hydrogen-bond donors (Lipinski definition) is 5. The summed E-state index contributed by atoms with van der Waals surface area (Å²) in [6.07, 6.45) is -3.36. The molecule has 2 aromatic rings. The second kappa shape index (κ2) is 5.85. The summed E-state index contributed by atoms with van der Waals surface area (Å²) >= 11 is 4.15. The molecule has 11 heteroatoms. The molecule has 4 atom stereocenters. The van der Waals surface area contributed by atoms with Crippen LogP contribution in [0.4, 0.5) is 5.95 Å². The Kier molecular flexibility index (Phi) is 4.06. The summed E-state index contributed by atoms with van der Waals surface area (Å²) in [5.74, 6) is 0.344. The average molecular weight is 329 g/mol. The number of aromatic nitrogens is 4. The van der Waals surface area contributed by atoms with Crippen LogP contribution in [0.25, 0.3) is 11.2 Å². The van der Waals surface area contributed by atoms with E-state index in [1.165, 1.54) is 11.1 Å². The van der Waals surface area contributed by atoms with Crippen LogP contribution in [0.3, 0.4) is 0 Å². The molecule has 1 fully saturated rings. The molecule has 1 aliphatic rings. The van der Waals surface area contributed by atoms with Crippen molar-refractivity contribution in [2.24, 2.45) is 0 Å². The average Bonchev–Trinajstić information content (AvgIpc) is 3.03. The standard InChI is InChI=1S/C11H15N5O5S/c12-11-14-4(2-22)6-9(15-11)16(3-13-6)21-10-8(19)7(18)5(1-17)20-10/h3,5,7-8,10,17-19,22H,1-2H2,(H2,12,14,15)/t5-,7-,8-,10-/m1/s1. The van der Waals surface area contributed by atoms with Crippen LogP contribution in [0.2, 0.25) is 0 Å². The molecule has 120 valence electrons. The first-order chi connectivity index (χ1) is 10.5. The van der Waals surface area contributed by atoms with Gasteiger partial charge in [0.05, 0.1) is 12.3 Å². The molecule has 1 saturated heterocycles. The number of anilines is 1. The first kappa shape index (κ1) is 15.2. The molecule has 0 bridgehead atoms. The van der Waals surface area contributed by atoms with E-state index in [0.29, 0.717) is 17.0 Å². The minimum Gasteiger partial charge on any atom is -0.394 e. The molecule has 0 spiro atoms. The topological polar surface area (TPSA) is 149 Å². The van der Waals surface area contributed by atoms with Gasteiger partial charge < -0.3 is 30.6 Å². The van der Waals surface area contributed by atoms with Gasteiger partial charge in [-0.2, -0.15) is 17.6 Å². The van der Waals surface area contributed by atoms with E-state index < -0.39 is 31.2 Å². The van der Waals surface area contributed by atoms with E-state index in [9.17, 15) is 10.2 Å². The molecule has 0 aromatic carbocycles. The number of aliphatic hydroxyl groups is 3. The monoisotopic (exact) mass is 329 g/mol. The predicted molar refractivity (Wildman–Crippen MR) is 76.8 cm³/mol. The van der Waals surface area contributed by atoms with Gasteiger partial charge in [-0.05, 0) is 0 Å². The molecule has 3 heterocycles. The van der Waals surface area contributed by atoms with Crippen LogP contribution in [0.15, 0.2) is 6.33 Å². The smallest absolute Gasteiger partial charge is 0.254 e. The van der Waals surface area contributed by atoms with E-state index in [2.05, 4.69) is 27.6 Å². The fraction of sp³-hybridized carbons (Fsp3) is 0.545. The highest BCUT2D eigenvalue weighted by Crippen LogP contribution is 2.22. The lowest BCUT2D eigenvalue weighted by atomic mass is 10.1. The summed E-state index contributed by atoms with van der Waals surface area (Å²) in [4.78, 5) is 17.6. The maximum atomic E-state index is 9.87. The fourth-order valence-corrected chi connectivity index (χ4v) is 2.43. The van der Waals surface area contributed by atoms with Gasteiger partial charge in [-0.1, -0.05) is 0 Å². The molecule has 5 N–H and O–H groups in total. The van der Waals surface area contributed by atoms with E-state index in [4.69, 9.17) is 20.4 Å². The van der Waals surface area contributed by atoms with Crippen molar-refractivity contribution >= 4 is 29.7 Å². The highest BCUT2D eigenvalue weighted by molar-refractivity contribution is 7.79. The van der Waals surface area contributed by atoms with Gasteiger partial charge in [-0.25, -0.2) is 9.97 Å². The number of thiol groups is 1. The lowest BCUT2D eigenvalue weighted by molar-refractivity contribution is -0.169. The van der Waals surface area contributed by atoms with Crippen LogP contribution in [0.1, 0.15) is 5.69 Å². The van der Waals surface area contributed by atoms with Crippen LogP contribution >= 0.6 is 12.6 Å². The van der Waals surface area contributed by atoms with Gasteiger partial charge in [-0.3, -0.25) is 0 Å². The largest absolute Gasteiger partial charge is 0.394 e. The molecule has 2 aromatic heterocycles. The second-order valence-electron chi connectivity index (χ2n) is 4.74. The van der Waals surface area contributed by atoms with Gasteiger partial charge in [0.1, 0.15) is 30.2 Å². The van der Waals surface area contributed by atoms with Crippen molar-refractivity contribution in [3.05, 3.63) is 12.0 Å². The third kappa shape index (κ3) is 2.46. The second-order valence-corrected chi connectivity index (χ2v) is 5.06. The quantitative estimate of drug-likeness (QED) is 0.391. The van der Waals surface area contributed by atoms with Gasteiger partial charge >= 0.3 is 0 Å². The molecule has 10 nitrogen and oxygen atoms in total. The summed E-state index contributed by atoms with van der Waals surface area (Å²) in [5, 5.41) is 28.6. The molecule has 0 saturated carbocycles. The summed E-state index contributed by atoms with van der Waals surface area (Å²) in [6.45, 7) is -0.443. The lowest BCUT2D eigenvalue weighted by Crippen LogP contribution is -2.38. The predicted octanol–water partition coefficient (Wildman–Crippen LogP) is -2.29. The first-order valence-electron chi connectivity index (χ1n) is 6.45. The van der Waals surface area contributed by atoms with Crippen LogP contribution in [0, 0.1) is 0 Å². The van der Waals surface area contributed by atoms with Crippen molar-refractivity contribution in [2.45, 2.75) is 30.4 Å². The van der Waals surface area contributed by atoms with Crippen LogP contribution in [-0.4, -0.2) is 66.2 Å². The zero-order chi connectivity index (χ0) is 15.9. The fourth-order valence-electron chi connectivity index (χ4n) is 2.21. The molecule has 1 aliphatic heterocycles. The Balaban J connectivity index is 1.90. The first-order valence-corrected chi connectivity index (χ1v) is 7.08. The number of aliphatic hydroxyl groups excluding tert-OH is 3. The molecule has 0 amide bonds. The van der Waals surface area contributed by atoms with Gasteiger partial charge in [0, 0.05) is 5.75 Å². The number of nitrogens with two attached hydrogens (primary N) is 1.